The topological polar surface area (TPSA) is 58.6 Å². The quantitative estimate of drug-likeness (QED) is 0.780. The van der Waals surface area contributed by atoms with Crippen molar-refractivity contribution in [3.8, 4) is 0 Å². The van der Waals surface area contributed by atoms with Crippen LogP contribution in [0.25, 0.3) is 0 Å². The third-order valence-electron chi connectivity index (χ3n) is 2.70. The van der Waals surface area contributed by atoms with Crippen LogP contribution in [-0.2, 0) is 14.3 Å². The van der Waals surface area contributed by atoms with Crippen molar-refractivity contribution in [3.63, 3.8) is 0 Å². The Kier molecular flexibility index (Phi) is 6.74. The summed E-state index contributed by atoms with van der Waals surface area (Å²) in [6.45, 7) is 3.90. The average Bonchev–Trinajstić information content (AvgIpc) is 2.42. The van der Waals surface area contributed by atoms with E-state index < -0.39 is 29.2 Å². The molecule has 0 aliphatic rings. The van der Waals surface area contributed by atoms with Crippen molar-refractivity contribution in [1.29, 1.82) is 0 Å². The molecule has 1 aromatic carbocycles. The number of anilines is 1. The standard InChI is InChI=1S/C14H18F2N2O3/c1-3-18(9-13(20)21-4-2)8-12(19)17-14-10(15)6-5-7-11(14)16/h5-7H,3-4,8-9H2,1-2H3,(H,17,19). The molecule has 1 amide bonds. The highest BCUT2D eigenvalue weighted by molar-refractivity contribution is 5.92. The van der Waals surface area contributed by atoms with Crippen molar-refractivity contribution in [1.82, 2.24) is 4.90 Å². The molecule has 0 aliphatic heterocycles. The van der Waals surface area contributed by atoms with Crippen LogP contribution < -0.4 is 5.32 Å². The minimum absolute atomic E-state index is 0.0580. The zero-order valence-corrected chi connectivity index (χ0v) is 12.0. The van der Waals surface area contributed by atoms with Crippen molar-refractivity contribution in [2.24, 2.45) is 0 Å². The zero-order chi connectivity index (χ0) is 15.8. The molecule has 0 aliphatic carbocycles. The van der Waals surface area contributed by atoms with Crippen LogP contribution in [0.5, 0.6) is 0 Å². The number of hydrogen-bond acceptors (Lipinski definition) is 4. The van der Waals surface area contributed by atoms with Gasteiger partial charge >= 0.3 is 5.97 Å². The summed E-state index contributed by atoms with van der Waals surface area (Å²) in [5.41, 5.74) is -0.491. The van der Waals surface area contributed by atoms with E-state index >= 15 is 0 Å². The highest BCUT2D eigenvalue weighted by Gasteiger charge is 2.16. The zero-order valence-electron chi connectivity index (χ0n) is 12.0. The number of hydrogen-bond donors (Lipinski definition) is 1. The number of ether oxygens (including phenoxy) is 1. The average molecular weight is 300 g/mol. The Balaban J connectivity index is 2.61. The Labute approximate surface area is 121 Å². The van der Waals surface area contributed by atoms with Gasteiger partial charge in [-0.15, -0.1) is 0 Å². The molecule has 0 bridgehead atoms. The van der Waals surface area contributed by atoms with Gasteiger partial charge in [-0.2, -0.15) is 0 Å². The third kappa shape index (κ3) is 5.47. The molecular weight excluding hydrogens is 282 g/mol. The number of esters is 1. The fraction of sp³-hybridized carbons (Fsp3) is 0.429. The molecule has 1 N–H and O–H groups in total. The Hall–Kier alpha value is -2.02. The summed E-state index contributed by atoms with van der Waals surface area (Å²) < 4.78 is 31.6. The summed E-state index contributed by atoms with van der Waals surface area (Å²) in [6.07, 6.45) is 0. The van der Waals surface area contributed by atoms with Gasteiger partial charge < -0.3 is 10.1 Å². The lowest BCUT2D eigenvalue weighted by atomic mass is 10.3. The summed E-state index contributed by atoms with van der Waals surface area (Å²) >= 11 is 0. The molecule has 116 valence electrons. The second kappa shape index (κ2) is 8.31. The predicted molar refractivity (Wildman–Crippen MR) is 73.7 cm³/mol. The van der Waals surface area contributed by atoms with Crippen molar-refractivity contribution < 1.29 is 23.1 Å². The number of likely N-dealkylation sites (N-methyl/N-ethyl adjacent to an activating group) is 1. The molecular formula is C14H18F2N2O3. The van der Waals surface area contributed by atoms with Crippen molar-refractivity contribution in [3.05, 3.63) is 29.8 Å². The van der Waals surface area contributed by atoms with Crippen molar-refractivity contribution >= 4 is 17.6 Å². The number of nitrogens with zero attached hydrogens (tertiary/aromatic N) is 1. The molecule has 0 unspecified atom stereocenters. The van der Waals surface area contributed by atoms with Gasteiger partial charge in [0.25, 0.3) is 0 Å². The number of nitrogens with one attached hydrogen (secondary N) is 1. The van der Waals surface area contributed by atoms with Crippen LogP contribution in [0.4, 0.5) is 14.5 Å². The highest BCUT2D eigenvalue weighted by atomic mass is 19.1. The maximum atomic E-state index is 13.4. The number of benzene rings is 1. The van der Waals surface area contributed by atoms with Crippen LogP contribution in [0.1, 0.15) is 13.8 Å². The minimum Gasteiger partial charge on any atom is -0.465 e. The van der Waals surface area contributed by atoms with E-state index in [1.54, 1.807) is 13.8 Å². The molecule has 1 aromatic rings. The Morgan fingerprint density at radius 1 is 1.19 bits per heavy atom. The van der Waals surface area contributed by atoms with Crippen molar-refractivity contribution in [2.45, 2.75) is 13.8 Å². The monoisotopic (exact) mass is 300 g/mol. The van der Waals surface area contributed by atoms with Crippen molar-refractivity contribution in [2.75, 3.05) is 31.6 Å². The van der Waals surface area contributed by atoms with Gasteiger partial charge in [-0.05, 0) is 25.6 Å². The first-order valence-corrected chi connectivity index (χ1v) is 6.59. The molecule has 0 radical (unpaired) electrons. The van der Waals surface area contributed by atoms with E-state index in [1.165, 1.54) is 11.0 Å². The Bertz CT molecular complexity index is 489. The van der Waals surface area contributed by atoms with E-state index in [9.17, 15) is 18.4 Å². The van der Waals surface area contributed by atoms with E-state index in [0.29, 0.717) is 6.54 Å². The normalized spacial score (nSPS) is 10.5. The lowest BCUT2D eigenvalue weighted by Crippen LogP contribution is -2.37. The first-order chi connectivity index (χ1) is 9.97. The van der Waals surface area contributed by atoms with Gasteiger partial charge in [0.05, 0.1) is 19.7 Å². The molecule has 0 saturated heterocycles. The number of rotatable bonds is 7. The summed E-state index contributed by atoms with van der Waals surface area (Å²) in [6, 6.07) is 3.31. The lowest BCUT2D eigenvalue weighted by Gasteiger charge is -2.18. The maximum Gasteiger partial charge on any atom is 0.320 e. The number of carbonyl (C=O) groups excluding carboxylic acids is 2. The van der Waals surface area contributed by atoms with E-state index in [0.717, 1.165) is 12.1 Å². The molecule has 1 rings (SSSR count). The SMILES string of the molecule is CCOC(=O)CN(CC)CC(=O)Nc1c(F)cccc1F. The van der Waals surface area contributed by atoms with Crippen LogP contribution in [-0.4, -0.2) is 43.0 Å². The lowest BCUT2D eigenvalue weighted by molar-refractivity contribution is -0.144. The molecule has 7 heteroatoms. The summed E-state index contributed by atoms with van der Waals surface area (Å²) in [5.74, 6) is -2.76. The molecule has 5 nitrogen and oxygen atoms in total. The van der Waals surface area contributed by atoms with Gasteiger partial charge in [0.2, 0.25) is 5.91 Å². The molecule has 0 spiro atoms. The van der Waals surface area contributed by atoms with E-state index in [-0.39, 0.29) is 19.7 Å². The fourth-order valence-electron chi connectivity index (χ4n) is 1.67. The number of para-hydroxylation sites is 1. The second-order valence-electron chi connectivity index (χ2n) is 4.25. The maximum absolute atomic E-state index is 13.4. The van der Waals surface area contributed by atoms with Crippen LogP contribution >= 0.6 is 0 Å². The molecule has 0 saturated carbocycles. The van der Waals surface area contributed by atoms with Crippen LogP contribution in [0.3, 0.4) is 0 Å². The largest absolute Gasteiger partial charge is 0.465 e. The Morgan fingerprint density at radius 3 is 2.33 bits per heavy atom. The second-order valence-corrected chi connectivity index (χ2v) is 4.25. The summed E-state index contributed by atoms with van der Waals surface area (Å²) in [5, 5.41) is 2.17. The number of amides is 1. The minimum atomic E-state index is -0.850. The van der Waals surface area contributed by atoms with Crippen LogP contribution in [0.2, 0.25) is 0 Å². The number of halogens is 2. The predicted octanol–water partition coefficient (Wildman–Crippen LogP) is 1.79. The van der Waals surface area contributed by atoms with Gasteiger partial charge in [-0.1, -0.05) is 13.0 Å². The summed E-state index contributed by atoms with van der Waals surface area (Å²) in [7, 11) is 0. The molecule has 0 aromatic heterocycles. The van der Waals surface area contributed by atoms with E-state index in [4.69, 9.17) is 4.74 Å². The van der Waals surface area contributed by atoms with Gasteiger partial charge in [0, 0.05) is 0 Å². The smallest absolute Gasteiger partial charge is 0.320 e. The highest BCUT2D eigenvalue weighted by Crippen LogP contribution is 2.17. The first kappa shape index (κ1) is 17.0. The first-order valence-electron chi connectivity index (χ1n) is 6.59. The fourth-order valence-corrected chi connectivity index (χ4v) is 1.67. The molecule has 0 heterocycles. The van der Waals surface area contributed by atoms with Gasteiger partial charge in [0.15, 0.2) is 0 Å². The van der Waals surface area contributed by atoms with E-state index in [1.807, 2.05) is 0 Å². The van der Waals surface area contributed by atoms with E-state index in [2.05, 4.69) is 5.32 Å². The number of carbonyl (C=O) groups is 2. The molecule has 0 atom stereocenters. The third-order valence-corrected chi connectivity index (χ3v) is 2.70. The molecule has 0 fully saturated rings. The van der Waals surface area contributed by atoms with Gasteiger partial charge in [0.1, 0.15) is 17.3 Å². The van der Waals surface area contributed by atoms with Gasteiger partial charge in [-0.25, -0.2) is 8.78 Å². The van der Waals surface area contributed by atoms with Crippen LogP contribution in [0.15, 0.2) is 18.2 Å². The van der Waals surface area contributed by atoms with Crippen LogP contribution in [0, 0.1) is 11.6 Å². The summed E-state index contributed by atoms with van der Waals surface area (Å²) in [4.78, 5) is 24.6. The molecule has 21 heavy (non-hydrogen) atoms. The Morgan fingerprint density at radius 2 is 1.81 bits per heavy atom. The van der Waals surface area contributed by atoms with Gasteiger partial charge in [-0.3, -0.25) is 14.5 Å².